The van der Waals surface area contributed by atoms with Crippen molar-refractivity contribution in [3.05, 3.63) is 24.3 Å². The average molecular weight is 251 g/mol. The minimum absolute atomic E-state index is 0.101. The summed E-state index contributed by atoms with van der Waals surface area (Å²) in [5.41, 5.74) is -1.17. The van der Waals surface area contributed by atoms with Crippen molar-refractivity contribution in [3.63, 3.8) is 0 Å². The topological polar surface area (TPSA) is 101 Å². The van der Waals surface area contributed by atoms with Gasteiger partial charge in [-0.2, -0.15) is 0 Å². The molecular weight excluding hydrogens is 238 g/mol. The summed E-state index contributed by atoms with van der Waals surface area (Å²) in [6.07, 6.45) is 4.61. The van der Waals surface area contributed by atoms with Gasteiger partial charge in [0.1, 0.15) is 11.2 Å². The predicted octanol–water partition coefficient (Wildman–Crippen LogP) is -0.160. The first-order valence-corrected chi connectivity index (χ1v) is 5.54. The summed E-state index contributed by atoms with van der Waals surface area (Å²) in [4.78, 5) is 30.8. The summed E-state index contributed by atoms with van der Waals surface area (Å²) < 4.78 is 5.12. The van der Waals surface area contributed by atoms with Crippen LogP contribution in [0, 0.1) is 0 Å². The van der Waals surface area contributed by atoms with E-state index in [-0.39, 0.29) is 18.5 Å². The predicted molar refractivity (Wildman–Crippen MR) is 59.9 cm³/mol. The zero-order valence-electron chi connectivity index (χ0n) is 9.63. The molecule has 0 saturated carbocycles. The Bertz CT molecular complexity index is 443. The van der Waals surface area contributed by atoms with Gasteiger partial charge >= 0.3 is 5.97 Å². The van der Waals surface area contributed by atoms with E-state index in [4.69, 9.17) is 4.74 Å². The van der Waals surface area contributed by atoms with Gasteiger partial charge in [0.15, 0.2) is 0 Å². The third-order valence-electron chi connectivity index (χ3n) is 2.90. The van der Waals surface area contributed by atoms with Crippen molar-refractivity contribution < 1.29 is 19.4 Å². The Morgan fingerprint density at radius 2 is 2.06 bits per heavy atom. The Morgan fingerprint density at radius 3 is 2.61 bits per heavy atom. The number of aromatic nitrogens is 2. The van der Waals surface area contributed by atoms with E-state index >= 15 is 0 Å². The number of rotatable bonds is 3. The number of hydrogen-bond donors (Lipinski definition) is 2. The number of carboxylic acids is 1. The van der Waals surface area contributed by atoms with Crippen molar-refractivity contribution in [1.29, 1.82) is 0 Å². The van der Waals surface area contributed by atoms with Crippen LogP contribution in [-0.2, 0) is 9.53 Å². The SMILES string of the molecule is O=C(NC1(C(=O)O)CCOCC1)c1cnccn1. The summed E-state index contributed by atoms with van der Waals surface area (Å²) in [6, 6.07) is 0. The molecule has 0 unspecified atom stereocenters. The van der Waals surface area contributed by atoms with Crippen LogP contribution in [0.3, 0.4) is 0 Å². The van der Waals surface area contributed by atoms with Crippen molar-refractivity contribution >= 4 is 11.9 Å². The van der Waals surface area contributed by atoms with E-state index in [1.165, 1.54) is 18.6 Å². The van der Waals surface area contributed by atoms with Crippen LogP contribution < -0.4 is 5.32 Å². The lowest BCUT2D eigenvalue weighted by Gasteiger charge is -2.33. The Kier molecular flexibility index (Phi) is 3.52. The summed E-state index contributed by atoms with van der Waals surface area (Å²) in [5, 5.41) is 11.8. The number of carbonyl (C=O) groups is 2. The van der Waals surface area contributed by atoms with E-state index in [1.807, 2.05) is 0 Å². The molecule has 96 valence electrons. The number of nitrogens with zero attached hydrogens (tertiary/aromatic N) is 2. The van der Waals surface area contributed by atoms with Crippen molar-refractivity contribution in [1.82, 2.24) is 15.3 Å². The lowest BCUT2D eigenvalue weighted by molar-refractivity contribution is -0.148. The molecular formula is C11H13N3O4. The Balaban J connectivity index is 2.15. The van der Waals surface area contributed by atoms with E-state index in [0.29, 0.717) is 13.2 Å². The van der Waals surface area contributed by atoms with Gasteiger partial charge in [0.25, 0.3) is 5.91 Å². The highest BCUT2D eigenvalue weighted by atomic mass is 16.5. The number of aliphatic carboxylic acids is 1. The van der Waals surface area contributed by atoms with Gasteiger partial charge in [0, 0.05) is 38.4 Å². The van der Waals surface area contributed by atoms with E-state index in [1.54, 1.807) is 0 Å². The molecule has 0 atom stereocenters. The molecule has 1 fully saturated rings. The lowest BCUT2D eigenvalue weighted by Crippen LogP contribution is -2.57. The van der Waals surface area contributed by atoms with E-state index in [0.717, 1.165) is 0 Å². The molecule has 1 aliphatic rings. The number of amides is 1. The van der Waals surface area contributed by atoms with Gasteiger partial charge in [0.05, 0.1) is 6.20 Å². The first kappa shape index (κ1) is 12.4. The maximum absolute atomic E-state index is 11.9. The molecule has 18 heavy (non-hydrogen) atoms. The molecule has 1 saturated heterocycles. The van der Waals surface area contributed by atoms with Crippen LogP contribution in [0.2, 0.25) is 0 Å². The van der Waals surface area contributed by atoms with Crippen LogP contribution in [0.4, 0.5) is 0 Å². The second kappa shape index (κ2) is 5.09. The molecule has 1 aromatic heterocycles. The van der Waals surface area contributed by atoms with Crippen LogP contribution in [-0.4, -0.2) is 45.7 Å². The minimum Gasteiger partial charge on any atom is -0.480 e. The van der Waals surface area contributed by atoms with Crippen LogP contribution >= 0.6 is 0 Å². The first-order valence-electron chi connectivity index (χ1n) is 5.54. The van der Waals surface area contributed by atoms with E-state index in [2.05, 4.69) is 15.3 Å². The zero-order valence-corrected chi connectivity index (χ0v) is 9.63. The molecule has 2 rings (SSSR count). The highest BCUT2D eigenvalue weighted by Crippen LogP contribution is 2.21. The molecule has 1 aliphatic heterocycles. The molecule has 7 heteroatoms. The monoisotopic (exact) mass is 251 g/mol. The maximum Gasteiger partial charge on any atom is 0.329 e. The Hall–Kier alpha value is -2.02. The normalized spacial score (nSPS) is 18.0. The Labute approximate surface area is 103 Å². The highest BCUT2D eigenvalue weighted by Gasteiger charge is 2.41. The van der Waals surface area contributed by atoms with E-state index < -0.39 is 17.4 Å². The molecule has 2 heterocycles. The van der Waals surface area contributed by atoms with Gasteiger partial charge in [-0.3, -0.25) is 9.78 Å². The second-order valence-corrected chi connectivity index (χ2v) is 4.04. The summed E-state index contributed by atoms with van der Waals surface area (Å²) in [7, 11) is 0. The van der Waals surface area contributed by atoms with Crippen LogP contribution in [0.1, 0.15) is 23.3 Å². The van der Waals surface area contributed by atoms with Crippen LogP contribution in [0.15, 0.2) is 18.6 Å². The standard InChI is InChI=1S/C11H13N3O4/c15-9(8-7-12-3-4-13-8)14-11(10(16)17)1-5-18-6-2-11/h3-4,7H,1-2,5-6H2,(H,14,15)(H,16,17). The maximum atomic E-state index is 11.9. The average Bonchev–Trinajstić information content (AvgIpc) is 2.40. The van der Waals surface area contributed by atoms with E-state index in [9.17, 15) is 14.7 Å². The molecule has 2 N–H and O–H groups in total. The zero-order chi connectivity index (χ0) is 13.0. The van der Waals surface area contributed by atoms with Crippen LogP contribution in [0.5, 0.6) is 0 Å². The van der Waals surface area contributed by atoms with Gasteiger partial charge in [-0.25, -0.2) is 9.78 Å². The van der Waals surface area contributed by atoms with Gasteiger partial charge in [0.2, 0.25) is 0 Å². The molecule has 0 aromatic carbocycles. The number of carbonyl (C=O) groups excluding carboxylic acids is 1. The lowest BCUT2D eigenvalue weighted by atomic mass is 9.90. The summed E-state index contributed by atoms with van der Waals surface area (Å²) in [5.74, 6) is -1.59. The highest BCUT2D eigenvalue weighted by molar-refractivity contribution is 5.96. The summed E-state index contributed by atoms with van der Waals surface area (Å²) >= 11 is 0. The largest absolute Gasteiger partial charge is 0.480 e. The van der Waals surface area contributed by atoms with Crippen molar-refractivity contribution in [3.8, 4) is 0 Å². The quantitative estimate of drug-likeness (QED) is 0.774. The van der Waals surface area contributed by atoms with Crippen LogP contribution in [0.25, 0.3) is 0 Å². The van der Waals surface area contributed by atoms with Crippen molar-refractivity contribution in [2.24, 2.45) is 0 Å². The number of hydrogen-bond acceptors (Lipinski definition) is 5. The summed E-state index contributed by atoms with van der Waals surface area (Å²) in [6.45, 7) is 0.625. The number of ether oxygens (including phenoxy) is 1. The third-order valence-corrected chi connectivity index (χ3v) is 2.90. The van der Waals surface area contributed by atoms with Gasteiger partial charge < -0.3 is 15.2 Å². The second-order valence-electron chi connectivity index (χ2n) is 4.04. The molecule has 0 radical (unpaired) electrons. The fraction of sp³-hybridized carbons (Fsp3) is 0.455. The van der Waals surface area contributed by atoms with Crippen molar-refractivity contribution in [2.75, 3.05) is 13.2 Å². The fourth-order valence-corrected chi connectivity index (χ4v) is 1.81. The van der Waals surface area contributed by atoms with Gasteiger partial charge in [-0.1, -0.05) is 0 Å². The van der Waals surface area contributed by atoms with Crippen molar-refractivity contribution in [2.45, 2.75) is 18.4 Å². The molecule has 0 bridgehead atoms. The third kappa shape index (κ3) is 2.45. The molecule has 1 aromatic rings. The minimum atomic E-state index is -1.27. The fourth-order valence-electron chi connectivity index (χ4n) is 1.81. The number of nitrogens with one attached hydrogen (secondary N) is 1. The smallest absolute Gasteiger partial charge is 0.329 e. The molecule has 0 aliphatic carbocycles. The Morgan fingerprint density at radius 1 is 1.33 bits per heavy atom. The first-order chi connectivity index (χ1) is 8.64. The number of carboxylic acid groups (broad SMARTS) is 1. The van der Waals surface area contributed by atoms with Gasteiger partial charge in [-0.15, -0.1) is 0 Å². The molecule has 0 spiro atoms. The molecule has 7 nitrogen and oxygen atoms in total. The van der Waals surface area contributed by atoms with Gasteiger partial charge in [-0.05, 0) is 0 Å². The molecule has 1 amide bonds.